The molecule has 0 bridgehead atoms. The van der Waals surface area contributed by atoms with Gasteiger partial charge in [-0.15, -0.1) is 11.3 Å². The van der Waals surface area contributed by atoms with Crippen LogP contribution in [0.4, 0.5) is 5.00 Å². The SMILES string of the molecule is CCCOC(=O)c1c(NC(=O)c2ccn(CCC(=O)O)n2)sc(C(=O)OCC)c1C. The fraction of sp³-hybridized carbons (Fsp3) is 0.421. The number of carboxylic acid groups (broad SMARTS) is 1. The Bertz CT molecular complexity index is 948. The van der Waals surface area contributed by atoms with Crippen LogP contribution in [0.5, 0.6) is 0 Å². The molecule has 2 aromatic rings. The molecule has 30 heavy (non-hydrogen) atoms. The molecule has 162 valence electrons. The van der Waals surface area contributed by atoms with Gasteiger partial charge in [0.05, 0.1) is 31.7 Å². The minimum atomic E-state index is -0.979. The van der Waals surface area contributed by atoms with Gasteiger partial charge in [-0.2, -0.15) is 5.10 Å². The van der Waals surface area contributed by atoms with E-state index in [0.717, 1.165) is 11.3 Å². The number of ether oxygens (including phenoxy) is 2. The highest BCUT2D eigenvalue weighted by atomic mass is 32.1. The number of esters is 2. The predicted octanol–water partition coefficient (Wildman–Crippen LogP) is 2.72. The van der Waals surface area contributed by atoms with E-state index in [2.05, 4.69) is 10.4 Å². The molecular weight excluding hydrogens is 414 g/mol. The minimum Gasteiger partial charge on any atom is -0.481 e. The number of anilines is 1. The molecule has 0 saturated carbocycles. The van der Waals surface area contributed by atoms with Crippen LogP contribution in [0.2, 0.25) is 0 Å². The van der Waals surface area contributed by atoms with Crippen molar-refractivity contribution in [1.82, 2.24) is 9.78 Å². The van der Waals surface area contributed by atoms with Gasteiger partial charge in [-0.05, 0) is 31.9 Å². The molecule has 0 unspecified atom stereocenters. The third-order valence-electron chi connectivity index (χ3n) is 3.90. The topological polar surface area (TPSA) is 137 Å². The quantitative estimate of drug-likeness (QED) is 0.541. The molecule has 2 aromatic heterocycles. The molecule has 1 amide bonds. The van der Waals surface area contributed by atoms with Gasteiger partial charge in [0, 0.05) is 6.20 Å². The van der Waals surface area contributed by atoms with Crippen molar-refractivity contribution in [2.24, 2.45) is 0 Å². The lowest BCUT2D eigenvalue weighted by Gasteiger charge is -2.07. The number of thiophene rings is 1. The lowest BCUT2D eigenvalue weighted by atomic mass is 10.1. The normalized spacial score (nSPS) is 10.5. The number of hydrogen-bond acceptors (Lipinski definition) is 8. The number of hydrogen-bond donors (Lipinski definition) is 2. The fourth-order valence-electron chi connectivity index (χ4n) is 2.49. The summed E-state index contributed by atoms with van der Waals surface area (Å²) in [7, 11) is 0. The lowest BCUT2D eigenvalue weighted by Crippen LogP contribution is -2.16. The maximum atomic E-state index is 12.6. The van der Waals surface area contributed by atoms with Crippen molar-refractivity contribution in [1.29, 1.82) is 0 Å². The van der Waals surface area contributed by atoms with Crippen LogP contribution in [0.25, 0.3) is 0 Å². The summed E-state index contributed by atoms with van der Waals surface area (Å²) in [4.78, 5) is 48.2. The summed E-state index contributed by atoms with van der Waals surface area (Å²) in [5, 5.41) is 15.5. The number of aliphatic carboxylic acids is 1. The molecule has 0 fully saturated rings. The number of nitrogens with zero attached hydrogens (tertiary/aromatic N) is 2. The number of aromatic nitrogens is 2. The highest BCUT2D eigenvalue weighted by Crippen LogP contribution is 2.34. The van der Waals surface area contributed by atoms with Crippen LogP contribution in [0.15, 0.2) is 12.3 Å². The van der Waals surface area contributed by atoms with Gasteiger partial charge in [0.25, 0.3) is 5.91 Å². The zero-order valence-corrected chi connectivity index (χ0v) is 17.7. The molecule has 0 atom stereocenters. The van der Waals surface area contributed by atoms with Crippen molar-refractivity contribution < 1.29 is 33.8 Å². The van der Waals surface area contributed by atoms with E-state index in [9.17, 15) is 19.2 Å². The monoisotopic (exact) mass is 437 g/mol. The maximum Gasteiger partial charge on any atom is 0.348 e. The Labute approximate surface area is 176 Å². The first kappa shape index (κ1) is 23.1. The van der Waals surface area contributed by atoms with Gasteiger partial charge in [-0.25, -0.2) is 9.59 Å². The van der Waals surface area contributed by atoms with E-state index in [1.807, 2.05) is 6.92 Å². The number of rotatable bonds is 10. The Balaban J connectivity index is 2.29. The average molecular weight is 437 g/mol. The van der Waals surface area contributed by atoms with Gasteiger partial charge >= 0.3 is 17.9 Å². The van der Waals surface area contributed by atoms with Crippen molar-refractivity contribution >= 4 is 40.2 Å². The van der Waals surface area contributed by atoms with E-state index < -0.39 is 23.8 Å². The highest BCUT2D eigenvalue weighted by Gasteiger charge is 2.28. The summed E-state index contributed by atoms with van der Waals surface area (Å²) in [6.45, 7) is 5.58. The number of amides is 1. The van der Waals surface area contributed by atoms with E-state index in [1.54, 1.807) is 13.8 Å². The van der Waals surface area contributed by atoms with E-state index in [0.29, 0.717) is 12.0 Å². The number of carbonyl (C=O) groups excluding carboxylic acids is 3. The second-order valence-corrected chi connectivity index (χ2v) is 7.20. The first-order chi connectivity index (χ1) is 14.3. The summed E-state index contributed by atoms with van der Waals surface area (Å²) < 4.78 is 11.5. The van der Waals surface area contributed by atoms with E-state index in [1.165, 1.54) is 16.9 Å². The van der Waals surface area contributed by atoms with Gasteiger partial charge in [-0.3, -0.25) is 14.3 Å². The molecule has 0 aliphatic rings. The van der Waals surface area contributed by atoms with Gasteiger partial charge in [0.15, 0.2) is 5.69 Å². The van der Waals surface area contributed by atoms with Gasteiger partial charge in [-0.1, -0.05) is 6.92 Å². The molecule has 2 heterocycles. The van der Waals surface area contributed by atoms with E-state index >= 15 is 0 Å². The predicted molar refractivity (Wildman–Crippen MR) is 108 cm³/mol. The second-order valence-electron chi connectivity index (χ2n) is 6.18. The Kier molecular flexibility index (Phi) is 8.10. The first-order valence-corrected chi connectivity index (χ1v) is 10.1. The van der Waals surface area contributed by atoms with E-state index in [-0.39, 0.29) is 47.3 Å². The first-order valence-electron chi connectivity index (χ1n) is 9.32. The lowest BCUT2D eigenvalue weighted by molar-refractivity contribution is -0.137. The molecule has 0 aliphatic heterocycles. The van der Waals surface area contributed by atoms with Crippen molar-refractivity contribution in [2.45, 2.75) is 40.2 Å². The Hall–Kier alpha value is -3.21. The summed E-state index contributed by atoms with van der Waals surface area (Å²) in [6.07, 6.45) is 1.97. The van der Waals surface area contributed by atoms with Crippen molar-refractivity contribution in [2.75, 3.05) is 18.5 Å². The average Bonchev–Trinajstić information content (AvgIpc) is 3.29. The van der Waals surface area contributed by atoms with Gasteiger partial charge in [0.2, 0.25) is 0 Å². The van der Waals surface area contributed by atoms with Gasteiger partial charge in [0.1, 0.15) is 9.88 Å². The number of aryl methyl sites for hydroxylation is 1. The zero-order chi connectivity index (χ0) is 22.3. The van der Waals surface area contributed by atoms with Crippen LogP contribution >= 0.6 is 11.3 Å². The van der Waals surface area contributed by atoms with Crippen molar-refractivity contribution in [3.05, 3.63) is 34.0 Å². The minimum absolute atomic E-state index is 0.0389. The van der Waals surface area contributed by atoms with Crippen molar-refractivity contribution in [3.63, 3.8) is 0 Å². The van der Waals surface area contributed by atoms with Crippen LogP contribution in [-0.4, -0.2) is 51.9 Å². The van der Waals surface area contributed by atoms with Crippen LogP contribution in [-0.2, 0) is 20.8 Å². The molecule has 0 aliphatic carbocycles. The second kappa shape index (κ2) is 10.5. The molecule has 11 heteroatoms. The number of carbonyl (C=O) groups is 4. The summed E-state index contributed by atoms with van der Waals surface area (Å²) in [6, 6.07) is 1.43. The third-order valence-corrected chi connectivity index (χ3v) is 5.09. The fourth-order valence-corrected chi connectivity index (χ4v) is 3.57. The molecule has 2 rings (SSSR count). The van der Waals surface area contributed by atoms with Crippen LogP contribution < -0.4 is 5.32 Å². The molecular formula is C19H23N3O7S. The summed E-state index contributed by atoms with van der Waals surface area (Å²) >= 11 is 0.920. The zero-order valence-electron chi connectivity index (χ0n) is 16.9. The summed E-state index contributed by atoms with van der Waals surface area (Å²) in [5.41, 5.74) is 0.494. The molecule has 0 saturated heterocycles. The standard InChI is InChI=1S/C19H23N3O7S/c1-4-10-29-18(26)14-11(3)15(19(27)28-5-2)30-17(14)20-16(25)12-6-8-22(21-12)9-7-13(23)24/h6,8H,4-5,7,9-10H2,1-3H3,(H,20,25)(H,23,24). The highest BCUT2D eigenvalue weighted by molar-refractivity contribution is 7.18. The largest absolute Gasteiger partial charge is 0.481 e. The van der Waals surface area contributed by atoms with Crippen LogP contribution in [0, 0.1) is 6.92 Å². The van der Waals surface area contributed by atoms with Crippen LogP contribution in [0.1, 0.15) is 62.8 Å². The Morgan fingerprint density at radius 1 is 1.20 bits per heavy atom. The molecule has 0 spiro atoms. The van der Waals surface area contributed by atoms with Crippen LogP contribution in [0.3, 0.4) is 0 Å². The Morgan fingerprint density at radius 2 is 1.93 bits per heavy atom. The summed E-state index contributed by atoms with van der Waals surface area (Å²) in [5.74, 6) is -2.83. The maximum absolute atomic E-state index is 12.6. The molecule has 2 N–H and O–H groups in total. The van der Waals surface area contributed by atoms with E-state index in [4.69, 9.17) is 14.6 Å². The number of nitrogens with one attached hydrogen (secondary N) is 1. The van der Waals surface area contributed by atoms with Crippen molar-refractivity contribution in [3.8, 4) is 0 Å². The Morgan fingerprint density at radius 3 is 2.57 bits per heavy atom. The molecule has 10 nitrogen and oxygen atoms in total. The number of carboxylic acids is 1. The molecule has 0 aromatic carbocycles. The smallest absolute Gasteiger partial charge is 0.348 e. The third kappa shape index (κ3) is 5.66. The van der Waals surface area contributed by atoms with Gasteiger partial charge < -0.3 is 19.9 Å². The molecule has 0 radical (unpaired) electrons.